The minimum atomic E-state index is -1.15. The first-order valence-electron chi connectivity index (χ1n) is 7.75. The molecule has 2 aromatic rings. The number of aliphatic carboxylic acids is 1. The van der Waals surface area contributed by atoms with Gasteiger partial charge in [-0.25, -0.2) is 4.79 Å². The molecule has 1 amide bonds. The average Bonchev–Trinajstić information content (AvgIpc) is 2.62. The molecule has 2 aromatic carbocycles. The number of aromatic hydroxyl groups is 2. The van der Waals surface area contributed by atoms with Crippen molar-refractivity contribution < 1.29 is 29.6 Å². The number of phenolic OH excluding ortho intramolecular Hbond substituents is 2. The molecule has 0 aromatic heterocycles. The highest BCUT2D eigenvalue weighted by Gasteiger charge is 2.19. The maximum atomic E-state index is 12.0. The number of carbonyl (C=O) groups excluding carboxylic acids is 1. The van der Waals surface area contributed by atoms with Gasteiger partial charge in [-0.05, 0) is 41.5 Å². The third-order valence-corrected chi connectivity index (χ3v) is 3.64. The topological polar surface area (TPSA) is 116 Å². The maximum Gasteiger partial charge on any atom is 0.326 e. The van der Waals surface area contributed by atoms with E-state index in [0.29, 0.717) is 11.3 Å². The first-order valence-corrected chi connectivity index (χ1v) is 7.75. The SMILES string of the molecule is COc1ccc(C[C@H](NC(=O)/C=C/c2ccc(O)c(O)c2)C(=O)O)cc1. The zero-order valence-electron chi connectivity index (χ0n) is 14.0. The van der Waals surface area contributed by atoms with Gasteiger partial charge in [0, 0.05) is 12.5 Å². The summed E-state index contributed by atoms with van der Waals surface area (Å²) < 4.78 is 5.05. The summed E-state index contributed by atoms with van der Waals surface area (Å²) in [5.74, 6) is -1.65. The van der Waals surface area contributed by atoms with Crippen molar-refractivity contribution in [3.05, 3.63) is 59.7 Å². The molecule has 0 radical (unpaired) electrons. The molecule has 2 rings (SSSR count). The van der Waals surface area contributed by atoms with Gasteiger partial charge in [-0.15, -0.1) is 0 Å². The van der Waals surface area contributed by atoms with Crippen molar-refractivity contribution in [1.29, 1.82) is 0 Å². The molecule has 136 valence electrons. The number of carboxylic acid groups (broad SMARTS) is 1. The summed E-state index contributed by atoms with van der Waals surface area (Å²) >= 11 is 0. The van der Waals surface area contributed by atoms with E-state index in [9.17, 15) is 24.9 Å². The van der Waals surface area contributed by atoms with Gasteiger partial charge in [-0.3, -0.25) is 4.79 Å². The molecule has 26 heavy (non-hydrogen) atoms. The molecule has 7 heteroatoms. The lowest BCUT2D eigenvalue weighted by Crippen LogP contribution is -2.41. The Morgan fingerprint density at radius 1 is 1.12 bits per heavy atom. The molecule has 1 atom stereocenters. The summed E-state index contributed by atoms with van der Waals surface area (Å²) in [6.07, 6.45) is 2.69. The fourth-order valence-electron chi connectivity index (χ4n) is 2.23. The van der Waals surface area contributed by atoms with Crippen LogP contribution in [0.3, 0.4) is 0 Å². The highest BCUT2D eigenvalue weighted by atomic mass is 16.5. The van der Waals surface area contributed by atoms with Crippen molar-refractivity contribution in [3.8, 4) is 17.2 Å². The van der Waals surface area contributed by atoms with Crippen LogP contribution in [0.2, 0.25) is 0 Å². The predicted octanol–water partition coefficient (Wildman–Crippen LogP) is 1.93. The third-order valence-electron chi connectivity index (χ3n) is 3.64. The largest absolute Gasteiger partial charge is 0.504 e. The summed E-state index contributed by atoms with van der Waals surface area (Å²) in [7, 11) is 1.54. The Kier molecular flexibility index (Phi) is 6.21. The van der Waals surface area contributed by atoms with E-state index < -0.39 is 17.9 Å². The van der Waals surface area contributed by atoms with Crippen molar-refractivity contribution in [2.24, 2.45) is 0 Å². The summed E-state index contributed by atoms with van der Waals surface area (Å²) in [4.78, 5) is 23.4. The molecular formula is C19H19NO6. The number of benzene rings is 2. The van der Waals surface area contributed by atoms with Crippen LogP contribution >= 0.6 is 0 Å². The molecule has 0 heterocycles. The van der Waals surface area contributed by atoms with Crippen LogP contribution in [0.15, 0.2) is 48.5 Å². The molecule has 0 spiro atoms. The Morgan fingerprint density at radius 3 is 2.38 bits per heavy atom. The van der Waals surface area contributed by atoms with Crippen LogP contribution in [0.4, 0.5) is 0 Å². The van der Waals surface area contributed by atoms with Gasteiger partial charge in [0.1, 0.15) is 11.8 Å². The Balaban J connectivity index is 2.01. The van der Waals surface area contributed by atoms with Crippen LogP contribution in [0.1, 0.15) is 11.1 Å². The number of nitrogens with one attached hydrogen (secondary N) is 1. The van der Waals surface area contributed by atoms with Crippen molar-refractivity contribution >= 4 is 18.0 Å². The molecule has 0 aliphatic heterocycles. The molecule has 0 fully saturated rings. The van der Waals surface area contributed by atoms with Crippen LogP contribution < -0.4 is 10.1 Å². The molecule has 4 N–H and O–H groups in total. The Hall–Kier alpha value is -3.48. The zero-order valence-corrected chi connectivity index (χ0v) is 14.0. The summed E-state index contributed by atoms with van der Waals surface area (Å²) in [6, 6.07) is 9.88. The fourth-order valence-corrected chi connectivity index (χ4v) is 2.23. The molecule has 7 nitrogen and oxygen atoms in total. The van der Waals surface area contributed by atoms with Gasteiger partial charge in [0.25, 0.3) is 0 Å². The lowest BCUT2D eigenvalue weighted by Gasteiger charge is -2.13. The van der Waals surface area contributed by atoms with Crippen LogP contribution in [-0.2, 0) is 16.0 Å². The van der Waals surface area contributed by atoms with E-state index in [2.05, 4.69) is 5.32 Å². The number of hydrogen-bond acceptors (Lipinski definition) is 5. The second kappa shape index (κ2) is 8.57. The summed E-state index contributed by atoms with van der Waals surface area (Å²) in [5, 5.41) is 30.4. The predicted molar refractivity (Wildman–Crippen MR) is 95.1 cm³/mol. The Bertz CT molecular complexity index is 813. The molecule has 0 bridgehead atoms. The Morgan fingerprint density at radius 2 is 1.81 bits per heavy atom. The second-order valence-electron chi connectivity index (χ2n) is 5.53. The van der Waals surface area contributed by atoms with E-state index in [0.717, 1.165) is 11.6 Å². The molecule has 0 aliphatic rings. The normalized spacial score (nSPS) is 11.9. The highest BCUT2D eigenvalue weighted by molar-refractivity contribution is 5.94. The monoisotopic (exact) mass is 357 g/mol. The van der Waals surface area contributed by atoms with Crippen molar-refractivity contribution in [2.75, 3.05) is 7.11 Å². The van der Waals surface area contributed by atoms with Crippen molar-refractivity contribution in [3.63, 3.8) is 0 Å². The van der Waals surface area contributed by atoms with Crippen molar-refractivity contribution in [1.82, 2.24) is 5.32 Å². The van der Waals surface area contributed by atoms with Gasteiger partial charge in [0.05, 0.1) is 7.11 Å². The Labute approximate surface area is 150 Å². The van der Waals surface area contributed by atoms with Gasteiger partial charge in [-0.2, -0.15) is 0 Å². The van der Waals surface area contributed by atoms with Gasteiger partial charge < -0.3 is 25.4 Å². The van der Waals surface area contributed by atoms with E-state index in [1.807, 2.05) is 0 Å². The molecule has 0 unspecified atom stereocenters. The van der Waals surface area contributed by atoms with E-state index >= 15 is 0 Å². The number of hydrogen-bond donors (Lipinski definition) is 4. The van der Waals surface area contributed by atoms with E-state index in [-0.39, 0.29) is 17.9 Å². The smallest absolute Gasteiger partial charge is 0.326 e. The maximum absolute atomic E-state index is 12.0. The van der Waals surface area contributed by atoms with Gasteiger partial charge in [-0.1, -0.05) is 18.2 Å². The molecular weight excluding hydrogens is 338 g/mol. The van der Waals surface area contributed by atoms with E-state index in [1.165, 1.54) is 31.4 Å². The number of carbonyl (C=O) groups is 2. The first-order chi connectivity index (χ1) is 12.4. The number of methoxy groups -OCH3 is 1. The minimum absolute atomic E-state index is 0.124. The van der Waals surface area contributed by atoms with Crippen LogP contribution in [0.25, 0.3) is 6.08 Å². The van der Waals surface area contributed by atoms with Crippen LogP contribution in [0, 0.1) is 0 Å². The van der Waals surface area contributed by atoms with Gasteiger partial charge in [0.2, 0.25) is 5.91 Å². The number of phenols is 2. The van der Waals surface area contributed by atoms with E-state index in [4.69, 9.17) is 4.74 Å². The average molecular weight is 357 g/mol. The summed E-state index contributed by atoms with van der Waals surface area (Å²) in [6.45, 7) is 0. The van der Waals surface area contributed by atoms with E-state index in [1.54, 1.807) is 24.3 Å². The lowest BCUT2D eigenvalue weighted by molar-refractivity contribution is -0.141. The van der Waals surface area contributed by atoms with Crippen LogP contribution in [-0.4, -0.2) is 40.3 Å². The van der Waals surface area contributed by atoms with Crippen LogP contribution in [0.5, 0.6) is 17.2 Å². The standard InChI is InChI=1S/C19H19NO6/c1-26-14-6-2-12(3-7-14)10-15(19(24)25)20-18(23)9-5-13-4-8-16(21)17(22)11-13/h2-9,11,15,21-22H,10H2,1H3,(H,20,23)(H,24,25)/b9-5+/t15-/m0/s1. The van der Waals surface area contributed by atoms with Gasteiger partial charge in [0.15, 0.2) is 11.5 Å². The molecule has 0 saturated carbocycles. The quantitative estimate of drug-likeness (QED) is 0.444. The third kappa shape index (κ3) is 5.27. The molecule has 0 saturated heterocycles. The number of carboxylic acids is 1. The second-order valence-corrected chi connectivity index (χ2v) is 5.53. The fraction of sp³-hybridized carbons (Fsp3) is 0.158. The van der Waals surface area contributed by atoms with Crippen molar-refractivity contribution in [2.45, 2.75) is 12.5 Å². The molecule has 0 aliphatic carbocycles. The van der Waals surface area contributed by atoms with Gasteiger partial charge >= 0.3 is 5.97 Å². The highest BCUT2D eigenvalue weighted by Crippen LogP contribution is 2.25. The number of rotatable bonds is 7. The number of ether oxygens (including phenoxy) is 1. The lowest BCUT2D eigenvalue weighted by atomic mass is 10.1. The first kappa shape index (κ1) is 18.9. The zero-order chi connectivity index (χ0) is 19.1. The minimum Gasteiger partial charge on any atom is -0.504 e. The summed E-state index contributed by atoms with van der Waals surface area (Å²) in [5.41, 5.74) is 1.23. The number of amides is 1.